The van der Waals surface area contributed by atoms with E-state index in [-0.39, 0.29) is 11.9 Å². The Bertz CT molecular complexity index is 431. The van der Waals surface area contributed by atoms with Gasteiger partial charge in [-0.15, -0.1) is 0 Å². The number of benzene rings is 1. The molecule has 1 aliphatic rings. The average Bonchev–Trinajstić information content (AvgIpc) is 2.39. The van der Waals surface area contributed by atoms with E-state index in [2.05, 4.69) is 48.7 Å². The first kappa shape index (κ1) is 14.1. The molecule has 2 N–H and O–H groups in total. The van der Waals surface area contributed by atoms with E-state index < -0.39 is 0 Å². The number of rotatable bonds is 5. The van der Waals surface area contributed by atoms with Gasteiger partial charge in [0.2, 0.25) is 5.91 Å². The molecule has 1 fully saturated rings. The Morgan fingerprint density at radius 1 is 1.47 bits per heavy atom. The lowest BCUT2D eigenvalue weighted by Crippen LogP contribution is -2.50. The van der Waals surface area contributed by atoms with Crippen LogP contribution < -0.4 is 10.6 Å². The van der Waals surface area contributed by atoms with Crippen molar-refractivity contribution in [3.8, 4) is 0 Å². The number of amides is 1. The Kier molecular flexibility index (Phi) is 4.97. The highest BCUT2D eigenvalue weighted by Crippen LogP contribution is 2.10. The molecule has 19 heavy (non-hydrogen) atoms. The van der Waals surface area contributed by atoms with E-state index in [4.69, 9.17) is 0 Å². The molecule has 104 valence electrons. The molecule has 1 heterocycles. The average molecular weight is 260 g/mol. The van der Waals surface area contributed by atoms with Gasteiger partial charge in [0.05, 0.1) is 6.04 Å². The molecule has 0 spiro atoms. The largest absolute Gasteiger partial charge is 0.355 e. The monoisotopic (exact) mass is 260 g/mol. The Morgan fingerprint density at radius 3 is 3.05 bits per heavy atom. The molecule has 0 bridgehead atoms. The van der Waals surface area contributed by atoms with Crippen LogP contribution in [0.25, 0.3) is 0 Å². The number of aryl methyl sites for hydroxylation is 2. The highest BCUT2D eigenvalue weighted by molar-refractivity contribution is 5.82. The van der Waals surface area contributed by atoms with E-state index in [1.54, 1.807) is 0 Å². The summed E-state index contributed by atoms with van der Waals surface area (Å²) in [5.74, 6) is 0.161. The van der Waals surface area contributed by atoms with Gasteiger partial charge in [0.1, 0.15) is 0 Å². The SMILES string of the molecule is Cc1cccc(CCC(C)NC2CCCNC2=O)c1. The number of carbonyl (C=O) groups is 1. The lowest BCUT2D eigenvalue weighted by molar-refractivity contribution is -0.124. The Morgan fingerprint density at radius 2 is 2.32 bits per heavy atom. The quantitative estimate of drug-likeness (QED) is 0.852. The number of nitrogens with one attached hydrogen (secondary N) is 2. The van der Waals surface area contributed by atoms with Gasteiger partial charge < -0.3 is 10.6 Å². The predicted octanol–water partition coefficient (Wildman–Crippen LogP) is 2.18. The van der Waals surface area contributed by atoms with E-state index in [0.717, 1.165) is 32.2 Å². The minimum atomic E-state index is 0.00117. The van der Waals surface area contributed by atoms with Crippen molar-refractivity contribution < 1.29 is 4.79 Å². The van der Waals surface area contributed by atoms with Gasteiger partial charge in [-0.1, -0.05) is 29.8 Å². The van der Waals surface area contributed by atoms with Gasteiger partial charge in [-0.3, -0.25) is 4.79 Å². The van der Waals surface area contributed by atoms with Crippen LogP contribution >= 0.6 is 0 Å². The van der Waals surface area contributed by atoms with Crippen LogP contribution in [0.4, 0.5) is 0 Å². The maximum atomic E-state index is 11.7. The van der Waals surface area contributed by atoms with Crippen LogP contribution in [0.15, 0.2) is 24.3 Å². The van der Waals surface area contributed by atoms with Crippen molar-refractivity contribution in [3.05, 3.63) is 35.4 Å². The van der Waals surface area contributed by atoms with E-state index in [9.17, 15) is 4.79 Å². The molecule has 0 aliphatic carbocycles. The summed E-state index contributed by atoms with van der Waals surface area (Å²) in [7, 11) is 0. The van der Waals surface area contributed by atoms with E-state index in [1.807, 2.05) is 0 Å². The summed E-state index contributed by atoms with van der Waals surface area (Å²) >= 11 is 0. The molecule has 2 rings (SSSR count). The number of carbonyl (C=O) groups excluding carboxylic acids is 1. The van der Waals surface area contributed by atoms with Gasteiger partial charge in [0.25, 0.3) is 0 Å². The third kappa shape index (κ3) is 4.35. The van der Waals surface area contributed by atoms with Crippen LogP contribution in [0.1, 0.15) is 37.3 Å². The first-order valence-electron chi connectivity index (χ1n) is 7.24. The van der Waals surface area contributed by atoms with Crippen LogP contribution in [0.5, 0.6) is 0 Å². The Labute approximate surface area is 115 Å². The fraction of sp³-hybridized carbons (Fsp3) is 0.562. The summed E-state index contributed by atoms with van der Waals surface area (Å²) in [4.78, 5) is 11.7. The zero-order valence-corrected chi connectivity index (χ0v) is 11.9. The van der Waals surface area contributed by atoms with Crippen molar-refractivity contribution in [2.75, 3.05) is 6.54 Å². The lowest BCUT2D eigenvalue weighted by atomic mass is 10.0. The molecule has 2 unspecified atom stereocenters. The highest BCUT2D eigenvalue weighted by atomic mass is 16.2. The number of hydrogen-bond donors (Lipinski definition) is 2. The number of hydrogen-bond acceptors (Lipinski definition) is 2. The second-order valence-electron chi connectivity index (χ2n) is 5.58. The van der Waals surface area contributed by atoms with E-state index in [1.165, 1.54) is 11.1 Å². The summed E-state index contributed by atoms with van der Waals surface area (Å²) in [5, 5.41) is 6.36. The predicted molar refractivity (Wildman–Crippen MR) is 78.1 cm³/mol. The van der Waals surface area contributed by atoms with Crippen LogP contribution in [-0.4, -0.2) is 24.5 Å². The van der Waals surface area contributed by atoms with Crippen molar-refractivity contribution in [2.24, 2.45) is 0 Å². The van der Waals surface area contributed by atoms with Crippen molar-refractivity contribution >= 4 is 5.91 Å². The van der Waals surface area contributed by atoms with Crippen molar-refractivity contribution in [3.63, 3.8) is 0 Å². The van der Waals surface area contributed by atoms with Crippen molar-refractivity contribution in [1.82, 2.24) is 10.6 Å². The molecule has 1 aliphatic heterocycles. The van der Waals surface area contributed by atoms with Crippen LogP contribution in [0.3, 0.4) is 0 Å². The Balaban J connectivity index is 1.78. The second-order valence-corrected chi connectivity index (χ2v) is 5.58. The third-order valence-corrected chi connectivity index (χ3v) is 3.72. The molecule has 1 aromatic rings. The standard InChI is InChI=1S/C16H24N2O/c1-12-5-3-6-14(11-12)9-8-13(2)18-15-7-4-10-17-16(15)19/h3,5-6,11,13,15,18H,4,7-10H2,1-2H3,(H,17,19). The van der Waals surface area contributed by atoms with Gasteiger partial charge in [-0.2, -0.15) is 0 Å². The molecule has 1 amide bonds. The van der Waals surface area contributed by atoms with Gasteiger partial charge >= 0.3 is 0 Å². The maximum Gasteiger partial charge on any atom is 0.237 e. The first-order chi connectivity index (χ1) is 9.15. The molecule has 3 nitrogen and oxygen atoms in total. The molecular formula is C16H24N2O. The summed E-state index contributed by atoms with van der Waals surface area (Å²) in [6.45, 7) is 5.11. The van der Waals surface area contributed by atoms with Crippen LogP contribution in [0.2, 0.25) is 0 Å². The van der Waals surface area contributed by atoms with Gasteiger partial charge in [-0.05, 0) is 45.1 Å². The fourth-order valence-corrected chi connectivity index (χ4v) is 2.61. The summed E-state index contributed by atoms with van der Waals surface area (Å²) < 4.78 is 0. The molecule has 0 radical (unpaired) electrons. The molecule has 0 saturated carbocycles. The normalized spacial score (nSPS) is 20.9. The van der Waals surface area contributed by atoms with Crippen LogP contribution in [0, 0.1) is 6.92 Å². The number of piperidine rings is 1. The minimum absolute atomic E-state index is 0.00117. The molecule has 3 heteroatoms. The van der Waals surface area contributed by atoms with Gasteiger partial charge in [0.15, 0.2) is 0 Å². The maximum absolute atomic E-state index is 11.7. The third-order valence-electron chi connectivity index (χ3n) is 3.72. The first-order valence-corrected chi connectivity index (χ1v) is 7.24. The molecular weight excluding hydrogens is 236 g/mol. The zero-order valence-electron chi connectivity index (χ0n) is 11.9. The fourth-order valence-electron chi connectivity index (χ4n) is 2.61. The summed E-state index contributed by atoms with van der Waals surface area (Å²) in [6.07, 6.45) is 4.16. The smallest absolute Gasteiger partial charge is 0.237 e. The molecule has 0 aromatic heterocycles. The van der Waals surface area contributed by atoms with Crippen molar-refractivity contribution in [1.29, 1.82) is 0 Å². The van der Waals surface area contributed by atoms with Gasteiger partial charge in [-0.25, -0.2) is 0 Å². The highest BCUT2D eigenvalue weighted by Gasteiger charge is 2.22. The molecule has 2 atom stereocenters. The Hall–Kier alpha value is -1.35. The van der Waals surface area contributed by atoms with Crippen molar-refractivity contribution in [2.45, 2.75) is 51.6 Å². The molecule has 1 saturated heterocycles. The van der Waals surface area contributed by atoms with Gasteiger partial charge in [0, 0.05) is 12.6 Å². The lowest BCUT2D eigenvalue weighted by Gasteiger charge is -2.26. The molecule has 1 aromatic carbocycles. The van der Waals surface area contributed by atoms with E-state index in [0.29, 0.717) is 6.04 Å². The van der Waals surface area contributed by atoms with Crippen LogP contribution in [-0.2, 0) is 11.2 Å². The summed E-state index contributed by atoms with van der Waals surface area (Å²) in [6, 6.07) is 9.01. The minimum Gasteiger partial charge on any atom is -0.355 e. The second kappa shape index (κ2) is 6.71. The summed E-state index contributed by atoms with van der Waals surface area (Å²) in [5.41, 5.74) is 2.69. The zero-order chi connectivity index (χ0) is 13.7. The van der Waals surface area contributed by atoms with E-state index >= 15 is 0 Å². The topological polar surface area (TPSA) is 41.1 Å².